The van der Waals surface area contributed by atoms with E-state index in [1.165, 1.54) is 11.3 Å². The second-order valence-corrected chi connectivity index (χ2v) is 6.18. The highest BCUT2D eigenvalue weighted by molar-refractivity contribution is 7.19. The molecule has 5 heteroatoms. The smallest absolute Gasteiger partial charge is 0.177 e. The van der Waals surface area contributed by atoms with E-state index in [1.54, 1.807) is 0 Å². The zero-order chi connectivity index (χ0) is 14.7. The van der Waals surface area contributed by atoms with E-state index in [9.17, 15) is 4.79 Å². The number of hydrogen-bond donors (Lipinski definition) is 1. The fourth-order valence-corrected chi connectivity index (χ4v) is 2.87. The Balaban J connectivity index is 3.30. The molecular formula is C14H24N2O2S. The minimum absolute atomic E-state index is 0.0305. The number of hydrogen-bond acceptors (Lipinski definition) is 5. The van der Waals surface area contributed by atoms with Gasteiger partial charge in [-0.3, -0.25) is 4.79 Å². The molecule has 0 fully saturated rings. The third-order valence-electron chi connectivity index (χ3n) is 2.80. The Kier molecular flexibility index (Phi) is 5.23. The summed E-state index contributed by atoms with van der Waals surface area (Å²) in [6.07, 6.45) is 0.0305. The van der Waals surface area contributed by atoms with Crippen LogP contribution in [-0.2, 0) is 0 Å². The molecule has 0 saturated carbocycles. The van der Waals surface area contributed by atoms with Gasteiger partial charge in [0.15, 0.2) is 11.5 Å². The van der Waals surface area contributed by atoms with Crippen molar-refractivity contribution in [1.29, 1.82) is 0 Å². The molecule has 0 aliphatic carbocycles. The first-order chi connectivity index (χ1) is 8.79. The van der Waals surface area contributed by atoms with Crippen LogP contribution < -0.4 is 15.4 Å². The minimum Gasteiger partial charge on any atom is -0.486 e. The molecule has 1 aromatic rings. The molecule has 0 aliphatic heterocycles. The molecule has 0 spiro atoms. The van der Waals surface area contributed by atoms with Gasteiger partial charge in [0, 0.05) is 19.5 Å². The van der Waals surface area contributed by atoms with Crippen LogP contribution in [0.5, 0.6) is 5.75 Å². The maximum absolute atomic E-state index is 12.2. The minimum atomic E-state index is -0.0624. The number of carbonyl (C=O) groups excluding carboxylic acids is 1. The molecule has 2 N–H and O–H groups in total. The SMILES string of the molecule is CCN(C)c1sc(C(=O)C(C)C)c(N)c1OC(C)C. The number of nitrogens with zero attached hydrogens (tertiary/aromatic N) is 1. The predicted octanol–water partition coefficient (Wildman–Crippen LogP) is 3.41. The maximum Gasteiger partial charge on any atom is 0.177 e. The Morgan fingerprint density at radius 1 is 1.37 bits per heavy atom. The highest BCUT2D eigenvalue weighted by Crippen LogP contribution is 2.45. The topological polar surface area (TPSA) is 55.6 Å². The third-order valence-corrected chi connectivity index (χ3v) is 4.12. The van der Waals surface area contributed by atoms with Crippen LogP contribution in [0.25, 0.3) is 0 Å². The second kappa shape index (κ2) is 6.28. The van der Waals surface area contributed by atoms with Gasteiger partial charge < -0.3 is 15.4 Å². The fraction of sp³-hybridized carbons (Fsp3) is 0.643. The van der Waals surface area contributed by atoms with E-state index >= 15 is 0 Å². The number of nitrogens with two attached hydrogens (primary N) is 1. The van der Waals surface area contributed by atoms with Crippen LogP contribution in [0.4, 0.5) is 10.7 Å². The van der Waals surface area contributed by atoms with Crippen LogP contribution in [0.3, 0.4) is 0 Å². The maximum atomic E-state index is 12.2. The van der Waals surface area contributed by atoms with Crippen LogP contribution in [0.2, 0.25) is 0 Å². The molecule has 0 aromatic carbocycles. The van der Waals surface area contributed by atoms with Crippen molar-refractivity contribution < 1.29 is 9.53 Å². The lowest BCUT2D eigenvalue weighted by Crippen LogP contribution is -2.16. The molecule has 1 heterocycles. The first kappa shape index (κ1) is 15.8. The van der Waals surface area contributed by atoms with Crippen molar-refractivity contribution in [2.45, 2.75) is 40.7 Å². The number of Topliss-reactive ketones (excluding diaryl/α,β-unsaturated/α-hetero) is 1. The van der Waals surface area contributed by atoms with Crippen molar-refractivity contribution in [3.63, 3.8) is 0 Å². The Bertz CT molecular complexity index is 453. The third kappa shape index (κ3) is 3.41. The van der Waals surface area contributed by atoms with E-state index in [0.717, 1.165) is 11.5 Å². The number of nitrogen functional groups attached to an aromatic ring is 1. The summed E-state index contributed by atoms with van der Waals surface area (Å²) in [5.41, 5.74) is 6.60. The molecule has 0 amide bonds. The summed E-state index contributed by atoms with van der Waals surface area (Å²) in [7, 11) is 1.97. The van der Waals surface area contributed by atoms with Crippen LogP contribution in [0.15, 0.2) is 0 Å². The summed E-state index contributed by atoms with van der Waals surface area (Å²) in [4.78, 5) is 14.8. The summed E-state index contributed by atoms with van der Waals surface area (Å²) in [5, 5.41) is 0.928. The van der Waals surface area contributed by atoms with Crippen molar-refractivity contribution >= 4 is 27.8 Å². The van der Waals surface area contributed by atoms with Gasteiger partial charge >= 0.3 is 0 Å². The van der Waals surface area contributed by atoms with E-state index in [4.69, 9.17) is 10.5 Å². The van der Waals surface area contributed by atoms with Gasteiger partial charge in [-0.25, -0.2) is 0 Å². The molecule has 0 atom stereocenters. The largest absolute Gasteiger partial charge is 0.486 e. The normalized spacial score (nSPS) is 11.2. The molecule has 108 valence electrons. The number of rotatable bonds is 6. The molecule has 4 nitrogen and oxygen atoms in total. The molecule has 0 unspecified atom stereocenters. The van der Waals surface area contributed by atoms with Crippen molar-refractivity contribution in [1.82, 2.24) is 0 Å². The predicted molar refractivity (Wildman–Crippen MR) is 82.6 cm³/mol. The van der Waals surface area contributed by atoms with Gasteiger partial charge in [0.05, 0.1) is 16.7 Å². The summed E-state index contributed by atoms with van der Waals surface area (Å²) in [5.74, 6) is 0.660. The Morgan fingerprint density at radius 2 is 1.95 bits per heavy atom. The van der Waals surface area contributed by atoms with Crippen molar-refractivity contribution in [3.8, 4) is 5.75 Å². The van der Waals surface area contributed by atoms with Gasteiger partial charge in [-0.1, -0.05) is 13.8 Å². The first-order valence-corrected chi connectivity index (χ1v) is 7.45. The molecule has 1 aromatic heterocycles. The van der Waals surface area contributed by atoms with Gasteiger partial charge in [0.1, 0.15) is 5.00 Å². The van der Waals surface area contributed by atoms with Crippen molar-refractivity contribution in [3.05, 3.63) is 4.88 Å². The van der Waals surface area contributed by atoms with Crippen LogP contribution in [-0.4, -0.2) is 25.5 Å². The Labute approximate surface area is 119 Å². The van der Waals surface area contributed by atoms with Crippen LogP contribution >= 0.6 is 11.3 Å². The monoisotopic (exact) mass is 284 g/mol. The fourth-order valence-electron chi connectivity index (χ4n) is 1.61. The highest BCUT2D eigenvalue weighted by Gasteiger charge is 2.25. The first-order valence-electron chi connectivity index (χ1n) is 6.63. The summed E-state index contributed by atoms with van der Waals surface area (Å²) >= 11 is 1.42. The second-order valence-electron chi connectivity index (χ2n) is 5.18. The zero-order valence-electron chi connectivity index (χ0n) is 12.6. The quantitative estimate of drug-likeness (QED) is 0.813. The molecule has 19 heavy (non-hydrogen) atoms. The molecular weight excluding hydrogens is 260 g/mol. The molecule has 0 radical (unpaired) electrons. The lowest BCUT2D eigenvalue weighted by molar-refractivity contribution is 0.0944. The summed E-state index contributed by atoms with van der Waals surface area (Å²) in [6.45, 7) is 10.6. The summed E-state index contributed by atoms with van der Waals surface area (Å²) in [6, 6.07) is 0. The molecule has 0 aliphatic rings. The van der Waals surface area contributed by atoms with E-state index in [0.29, 0.717) is 16.3 Å². The van der Waals surface area contributed by atoms with Gasteiger partial charge in [-0.2, -0.15) is 0 Å². The van der Waals surface area contributed by atoms with Gasteiger partial charge in [0.25, 0.3) is 0 Å². The summed E-state index contributed by atoms with van der Waals surface area (Å²) < 4.78 is 5.80. The highest BCUT2D eigenvalue weighted by atomic mass is 32.1. The number of thiophene rings is 1. The standard InChI is InChI=1S/C14H24N2O2S/c1-7-16(6)14-12(18-9(4)5)10(15)13(19-14)11(17)8(2)3/h8-9H,7,15H2,1-6H3. The van der Waals surface area contributed by atoms with Gasteiger partial charge in [-0.15, -0.1) is 11.3 Å². The number of ketones is 1. The lowest BCUT2D eigenvalue weighted by atomic mass is 10.1. The average molecular weight is 284 g/mol. The van der Waals surface area contributed by atoms with Gasteiger partial charge in [0.2, 0.25) is 0 Å². The van der Waals surface area contributed by atoms with Crippen molar-refractivity contribution in [2.75, 3.05) is 24.2 Å². The number of ether oxygens (including phenoxy) is 1. The van der Waals surface area contributed by atoms with Gasteiger partial charge in [-0.05, 0) is 20.8 Å². The number of anilines is 2. The molecule has 0 bridgehead atoms. The van der Waals surface area contributed by atoms with E-state index in [1.807, 2.05) is 34.7 Å². The van der Waals surface area contributed by atoms with E-state index in [2.05, 4.69) is 11.8 Å². The van der Waals surface area contributed by atoms with E-state index in [-0.39, 0.29) is 17.8 Å². The molecule has 0 saturated heterocycles. The Morgan fingerprint density at radius 3 is 2.37 bits per heavy atom. The van der Waals surface area contributed by atoms with Crippen LogP contribution in [0, 0.1) is 5.92 Å². The number of carbonyl (C=O) groups is 1. The average Bonchev–Trinajstić information content (AvgIpc) is 2.65. The Hall–Kier alpha value is -1.23. The zero-order valence-corrected chi connectivity index (χ0v) is 13.4. The van der Waals surface area contributed by atoms with Crippen LogP contribution in [0.1, 0.15) is 44.3 Å². The molecule has 1 rings (SSSR count). The lowest BCUT2D eigenvalue weighted by Gasteiger charge is -2.18. The van der Waals surface area contributed by atoms with Crippen molar-refractivity contribution in [2.24, 2.45) is 5.92 Å². The van der Waals surface area contributed by atoms with E-state index < -0.39 is 0 Å².